The lowest BCUT2D eigenvalue weighted by Crippen LogP contribution is -2.18. The SMILES string of the molecule is N[C@H]1CCCc2ccc(F)c(Br)c21. The van der Waals surface area contributed by atoms with Crippen LogP contribution in [-0.4, -0.2) is 0 Å². The molecule has 13 heavy (non-hydrogen) atoms. The first-order chi connectivity index (χ1) is 6.20. The number of aryl methyl sites for hydroxylation is 1. The van der Waals surface area contributed by atoms with Crippen molar-refractivity contribution in [2.24, 2.45) is 5.73 Å². The molecule has 1 aliphatic carbocycles. The third-order valence-electron chi connectivity index (χ3n) is 2.55. The molecule has 1 aliphatic rings. The molecule has 0 radical (unpaired) electrons. The summed E-state index contributed by atoms with van der Waals surface area (Å²) in [4.78, 5) is 0. The highest BCUT2D eigenvalue weighted by Crippen LogP contribution is 2.34. The van der Waals surface area contributed by atoms with Gasteiger partial charge in [-0.25, -0.2) is 4.39 Å². The highest BCUT2D eigenvalue weighted by molar-refractivity contribution is 9.10. The van der Waals surface area contributed by atoms with Gasteiger partial charge in [0, 0.05) is 6.04 Å². The molecule has 0 aliphatic heterocycles. The van der Waals surface area contributed by atoms with Crippen LogP contribution in [0.4, 0.5) is 4.39 Å². The number of benzene rings is 1. The summed E-state index contributed by atoms with van der Waals surface area (Å²) < 4.78 is 13.7. The summed E-state index contributed by atoms with van der Waals surface area (Å²) in [6.45, 7) is 0. The van der Waals surface area contributed by atoms with Crippen LogP contribution in [0.3, 0.4) is 0 Å². The second-order valence-electron chi connectivity index (χ2n) is 3.43. The van der Waals surface area contributed by atoms with Gasteiger partial charge in [-0.1, -0.05) is 6.07 Å². The van der Waals surface area contributed by atoms with Crippen LogP contribution in [0, 0.1) is 5.82 Å². The van der Waals surface area contributed by atoms with Gasteiger partial charge in [0.25, 0.3) is 0 Å². The maximum atomic E-state index is 13.2. The van der Waals surface area contributed by atoms with E-state index >= 15 is 0 Å². The molecule has 3 heteroatoms. The van der Waals surface area contributed by atoms with Crippen molar-refractivity contribution in [3.05, 3.63) is 33.5 Å². The molecule has 1 atom stereocenters. The standard InChI is InChI=1S/C10H11BrFN/c11-10-7(12)5-4-6-2-1-3-8(13)9(6)10/h4-5,8H,1-3,13H2/t8-/m0/s1. The minimum atomic E-state index is -0.212. The largest absolute Gasteiger partial charge is 0.324 e. The minimum Gasteiger partial charge on any atom is -0.324 e. The van der Waals surface area contributed by atoms with Crippen LogP contribution in [0.15, 0.2) is 16.6 Å². The van der Waals surface area contributed by atoms with Gasteiger partial charge in [0.2, 0.25) is 0 Å². The molecule has 0 fully saturated rings. The quantitative estimate of drug-likeness (QED) is 0.746. The fourth-order valence-electron chi connectivity index (χ4n) is 1.88. The van der Waals surface area contributed by atoms with Gasteiger partial charge < -0.3 is 5.73 Å². The predicted octanol–water partition coefficient (Wildman–Crippen LogP) is 2.92. The van der Waals surface area contributed by atoms with Crippen molar-refractivity contribution in [3.63, 3.8) is 0 Å². The second kappa shape index (κ2) is 3.39. The summed E-state index contributed by atoms with van der Waals surface area (Å²) in [7, 11) is 0. The van der Waals surface area contributed by atoms with Crippen LogP contribution >= 0.6 is 15.9 Å². The van der Waals surface area contributed by atoms with Crippen LogP contribution in [0.5, 0.6) is 0 Å². The summed E-state index contributed by atoms with van der Waals surface area (Å²) in [5, 5.41) is 0. The Hall–Kier alpha value is -0.410. The molecule has 1 aromatic carbocycles. The van der Waals surface area contributed by atoms with Crippen molar-refractivity contribution in [1.29, 1.82) is 0 Å². The minimum absolute atomic E-state index is 0.00572. The van der Waals surface area contributed by atoms with Gasteiger partial charge in [-0.05, 0) is 52.4 Å². The summed E-state index contributed by atoms with van der Waals surface area (Å²) in [6, 6.07) is 3.34. The molecular formula is C10H11BrFN. The number of hydrogen-bond donors (Lipinski definition) is 1. The molecule has 2 rings (SSSR count). The van der Waals surface area contributed by atoms with E-state index in [4.69, 9.17) is 5.73 Å². The molecule has 0 amide bonds. The molecule has 0 saturated carbocycles. The van der Waals surface area contributed by atoms with E-state index in [0.717, 1.165) is 24.8 Å². The van der Waals surface area contributed by atoms with E-state index in [1.807, 2.05) is 6.07 Å². The van der Waals surface area contributed by atoms with Gasteiger partial charge in [-0.3, -0.25) is 0 Å². The maximum absolute atomic E-state index is 13.2. The van der Waals surface area contributed by atoms with Crippen LogP contribution in [0.2, 0.25) is 0 Å². The van der Waals surface area contributed by atoms with E-state index in [2.05, 4.69) is 15.9 Å². The van der Waals surface area contributed by atoms with Crippen molar-refractivity contribution in [1.82, 2.24) is 0 Å². The summed E-state index contributed by atoms with van der Waals surface area (Å²) in [6.07, 6.45) is 3.07. The summed E-state index contributed by atoms with van der Waals surface area (Å²) in [5.74, 6) is -0.212. The lowest BCUT2D eigenvalue weighted by Gasteiger charge is -2.23. The molecule has 0 unspecified atom stereocenters. The monoisotopic (exact) mass is 243 g/mol. The molecule has 0 bridgehead atoms. The molecule has 0 heterocycles. The van der Waals surface area contributed by atoms with Crippen molar-refractivity contribution >= 4 is 15.9 Å². The summed E-state index contributed by atoms with van der Waals surface area (Å²) in [5.41, 5.74) is 8.07. The van der Waals surface area contributed by atoms with E-state index in [0.29, 0.717) is 4.47 Å². The third kappa shape index (κ3) is 1.51. The van der Waals surface area contributed by atoms with E-state index in [-0.39, 0.29) is 11.9 Å². The van der Waals surface area contributed by atoms with E-state index in [1.165, 1.54) is 11.6 Å². The van der Waals surface area contributed by atoms with Crippen molar-refractivity contribution in [3.8, 4) is 0 Å². The zero-order valence-electron chi connectivity index (χ0n) is 7.19. The first-order valence-corrected chi connectivity index (χ1v) is 5.22. The van der Waals surface area contributed by atoms with Crippen LogP contribution < -0.4 is 5.73 Å². The number of rotatable bonds is 0. The predicted molar refractivity (Wildman–Crippen MR) is 54.0 cm³/mol. The Bertz CT molecular complexity index is 338. The van der Waals surface area contributed by atoms with Gasteiger partial charge in [-0.2, -0.15) is 0 Å². The number of nitrogens with two attached hydrogens (primary N) is 1. The second-order valence-corrected chi connectivity index (χ2v) is 4.23. The zero-order chi connectivity index (χ0) is 9.42. The van der Waals surface area contributed by atoms with Crippen molar-refractivity contribution in [2.45, 2.75) is 25.3 Å². The van der Waals surface area contributed by atoms with E-state index in [1.54, 1.807) is 0 Å². The molecule has 0 saturated heterocycles. The summed E-state index contributed by atoms with van der Waals surface area (Å²) >= 11 is 3.25. The first-order valence-electron chi connectivity index (χ1n) is 4.42. The normalized spacial score (nSPS) is 21.3. The van der Waals surface area contributed by atoms with Gasteiger partial charge in [-0.15, -0.1) is 0 Å². The molecule has 0 aromatic heterocycles. The fraction of sp³-hybridized carbons (Fsp3) is 0.400. The average molecular weight is 244 g/mol. The van der Waals surface area contributed by atoms with Crippen molar-refractivity contribution in [2.75, 3.05) is 0 Å². The Morgan fingerprint density at radius 1 is 1.46 bits per heavy atom. The number of halogens is 2. The Morgan fingerprint density at radius 2 is 2.23 bits per heavy atom. The smallest absolute Gasteiger partial charge is 0.137 e. The highest BCUT2D eigenvalue weighted by atomic mass is 79.9. The van der Waals surface area contributed by atoms with Gasteiger partial charge in [0.05, 0.1) is 4.47 Å². The number of hydrogen-bond acceptors (Lipinski definition) is 1. The molecule has 2 N–H and O–H groups in total. The Labute approximate surface area is 85.3 Å². The lowest BCUT2D eigenvalue weighted by molar-refractivity contribution is 0.551. The fourth-order valence-corrected chi connectivity index (χ4v) is 2.56. The van der Waals surface area contributed by atoms with Crippen LogP contribution in [0.25, 0.3) is 0 Å². The average Bonchev–Trinajstić information content (AvgIpc) is 2.12. The van der Waals surface area contributed by atoms with Crippen LogP contribution in [-0.2, 0) is 6.42 Å². The van der Waals surface area contributed by atoms with Gasteiger partial charge in [0.15, 0.2) is 0 Å². The van der Waals surface area contributed by atoms with Crippen LogP contribution in [0.1, 0.15) is 30.0 Å². The maximum Gasteiger partial charge on any atom is 0.137 e. The Kier molecular flexibility index (Phi) is 2.39. The van der Waals surface area contributed by atoms with E-state index < -0.39 is 0 Å². The molecule has 1 aromatic rings. The zero-order valence-corrected chi connectivity index (χ0v) is 8.77. The Balaban J connectivity index is 2.58. The van der Waals surface area contributed by atoms with Crippen molar-refractivity contribution < 1.29 is 4.39 Å². The topological polar surface area (TPSA) is 26.0 Å². The molecule has 1 nitrogen and oxygen atoms in total. The molecular weight excluding hydrogens is 233 g/mol. The lowest BCUT2D eigenvalue weighted by atomic mass is 9.88. The Morgan fingerprint density at radius 3 is 3.00 bits per heavy atom. The highest BCUT2D eigenvalue weighted by Gasteiger charge is 2.21. The third-order valence-corrected chi connectivity index (χ3v) is 3.36. The van der Waals surface area contributed by atoms with Gasteiger partial charge >= 0.3 is 0 Å². The molecule has 0 spiro atoms. The molecule has 70 valence electrons. The van der Waals surface area contributed by atoms with E-state index in [9.17, 15) is 4.39 Å². The first kappa shape index (κ1) is 9.16. The number of fused-ring (bicyclic) bond motifs is 1. The van der Waals surface area contributed by atoms with Gasteiger partial charge in [0.1, 0.15) is 5.82 Å².